The number of fused-ring (bicyclic) bond motifs is 1. The molecule has 1 N–H and O–H groups in total. The minimum Gasteiger partial charge on any atom is -0.375 e. The average molecular weight is 410 g/mol. The fourth-order valence-electron chi connectivity index (χ4n) is 3.59. The Morgan fingerprint density at radius 2 is 1.72 bits per heavy atom. The van der Waals surface area contributed by atoms with Gasteiger partial charge in [0, 0.05) is 16.1 Å². The summed E-state index contributed by atoms with van der Waals surface area (Å²) in [7, 11) is 0. The largest absolute Gasteiger partial charge is 0.375 e. The van der Waals surface area contributed by atoms with Crippen molar-refractivity contribution in [2.75, 3.05) is 4.90 Å². The van der Waals surface area contributed by atoms with E-state index in [0.29, 0.717) is 16.3 Å². The van der Waals surface area contributed by atoms with Gasteiger partial charge in [0.2, 0.25) is 0 Å². The molecule has 146 valence electrons. The van der Waals surface area contributed by atoms with Crippen molar-refractivity contribution in [2.45, 2.75) is 18.6 Å². The van der Waals surface area contributed by atoms with Crippen LogP contribution in [0.4, 0.5) is 10.1 Å². The van der Waals surface area contributed by atoms with Gasteiger partial charge in [-0.25, -0.2) is 4.39 Å². The van der Waals surface area contributed by atoms with Crippen LogP contribution in [0.2, 0.25) is 5.02 Å². The van der Waals surface area contributed by atoms with Crippen LogP contribution in [0.5, 0.6) is 0 Å². The zero-order chi connectivity index (χ0) is 20.6. The van der Waals surface area contributed by atoms with Crippen LogP contribution in [0.15, 0.2) is 72.8 Å². The molecule has 4 nitrogen and oxygen atoms in total. The number of ketones is 1. The average Bonchev–Trinajstić information content (AvgIpc) is 2.91. The summed E-state index contributed by atoms with van der Waals surface area (Å²) in [4.78, 5) is 27.4. The first-order chi connectivity index (χ1) is 13.9. The summed E-state index contributed by atoms with van der Waals surface area (Å²) in [5.41, 5.74) is -0.131. The molecule has 0 saturated carbocycles. The fraction of sp³-hybridized carbons (Fsp3) is 0.130. The van der Waals surface area contributed by atoms with Gasteiger partial charge in [-0.3, -0.25) is 9.59 Å². The minimum absolute atomic E-state index is 0.220. The van der Waals surface area contributed by atoms with E-state index in [-0.39, 0.29) is 12.1 Å². The van der Waals surface area contributed by atoms with Gasteiger partial charge in [-0.1, -0.05) is 41.9 Å². The molecule has 0 radical (unpaired) electrons. The van der Waals surface area contributed by atoms with Crippen molar-refractivity contribution in [3.63, 3.8) is 0 Å². The molecule has 6 heteroatoms. The number of carbonyl (C=O) groups excluding carboxylic acids is 2. The van der Waals surface area contributed by atoms with Crippen molar-refractivity contribution in [3.8, 4) is 0 Å². The van der Waals surface area contributed by atoms with E-state index in [4.69, 9.17) is 11.6 Å². The van der Waals surface area contributed by atoms with Crippen LogP contribution >= 0.6 is 11.6 Å². The van der Waals surface area contributed by atoms with Gasteiger partial charge in [-0.05, 0) is 48.0 Å². The number of nitrogens with zero attached hydrogens (tertiary/aromatic N) is 1. The number of anilines is 1. The summed E-state index contributed by atoms with van der Waals surface area (Å²) >= 11 is 6.11. The van der Waals surface area contributed by atoms with Crippen LogP contribution in [0.1, 0.15) is 27.9 Å². The smallest absolute Gasteiger partial charge is 0.264 e. The van der Waals surface area contributed by atoms with E-state index < -0.39 is 29.5 Å². The first-order valence-corrected chi connectivity index (χ1v) is 9.43. The van der Waals surface area contributed by atoms with Crippen LogP contribution in [0.25, 0.3) is 0 Å². The lowest BCUT2D eigenvalue weighted by Gasteiger charge is -2.23. The van der Waals surface area contributed by atoms with Gasteiger partial charge in [-0.15, -0.1) is 0 Å². The van der Waals surface area contributed by atoms with E-state index in [1.54, 1.807) is 12.1 Å². The number of aliphatic hydroxyl groups is 1. The number of rotatable bonds is 5. The van der Waals surface area contributed by atoms with Crippen LogP contribution in [-0.2, 0) is 16.9 Å². The Labute approximate surface area is 172 Å². The molecule has 0 bridgehead atoms. The number of carbonyl (C=O) groups is 2. The van der Waals surface area contributed by atoms with E-state index in [1.165, 1.54) is 35.2 Å². The zero-order valence-corrected chi connectivity index (χ0v) is 16.1. The SMILES string of the molecule is O=C(CC1(O)C(=O)N(Cc2ccccc2)c2ccc(Cl)cc21)c1ccc(F)cc1. The lowest BCUT2D eigenvalue weighted by molar-refractivity contribution is -0.136. The molecule has 1 amide bonds. The quantitative estimate of drug-likeness (QED) is 0.632. The molecule has 29 heavy (non-hydrogen) atoms. The summed E-state index contributed by atoms with van der Waals surface area (Å²) in [6.07, 6.45) is -0.462. The molecule has 3 aromatic carbocycles. The highest BCUT2D eigenvalue weighted by Crippen LogP contribution is 2.44. The number of benzene rings is 3. The highest BCUT2D eigenvalue weighted by atomic mass is 35.5. The molecule has 0 saturated heterocycles. The highest BCUT2D eigenvalue weighted by Gasteiger charge is 2.51. The molecule has 0 fully saturated rings. The van der Waals surface area contributed by atoms with Gasteiger partial charge >= 0.3 is 0 Å². The topological polar surface area (TPSA) is 57.6 Å². The minimum atomic E-state index is -2.04. The number of Topliss-reactive ketones (excluding diaryl/α,β-unsaturated/α-hetero) is 1. The van der Waals surface area contributed by atoms with E-state index in [1.807, 2.05) is 30.3 Å². The van der Waals surface area contributed by atoms with Crippen molar-refractivity contribution in [2.24, 2.45) is 0 Å². The normalized spacial score (nSPS) is 18.0. The van der Waals surface area contributed by atoms with Gasteiger partial charge in [-0.2, -0.15) is 0 Å². The molecule has 1 aliphatic rings. The fourth-order valence-corrected chi connectivity index (χ4v) is 3.76. The molecule has 0 aliphatic carbocycles. The number of amides is 1. The second-order valence-electron chi connectivity index (χ2n) is 7.01. The van der Waals surface area contributed by atoms with E-state index in [0.717, 1.165) is 5.56 Å². The lowest BCUT2D eigenvalue weighted by Crippen LogP contribution is -2.41. The standard InChI is InChI=1S/C23H17ClFNO3/c24-17-8-11-20-19(12-17)23(29,13-21(27)16-6-9-18(25)10-7-16)22(28)26(20)14-15-4-2-1-3-5-15/h1-12,29H,13-14H2. The Morgan fingerprint density at radius 3 is 2.41 bits per heavy atom. The summed E-state index contributed by atoms with van der Waals surface area (Å²) < 4.78 is 13.2. The monoisotopic (exact) mass is 409 g/mol. The van der Waals surface area contributed by atoms with Gasteiger partial charge in [0.15, 0.2) is 11.4 Å². The molecule has 1 aliphatic heterocycles. The Kier molecular flexibility index (Phi) is 4.94. The first kappa shape index (κ1) is 19.3. The summed E-state index contributed by atoms with van der Waals surface area (Å²) in [6.45, 7) is 0.251. The number of halogens is 2. The predicted molar refractivity (Wildman–Crippen MR) is 108 cm³/mol. The molecule has 4 rings (SSSR count). The van der Waals surface area contributed by atoms with E-state index in [9.17, 15) is 19.1 Å². The van der Waals surface area contributed by atoms with Crippen molar-refractivity contribution >= 4 is 29.0 Å². The molecular formula is C23H17ClFNO3. The molecule has 3 aromatic rings. The van der Waals surface area contributed by atoms with Crippen LogP contribution in [0, 0.1) is 5.82 Å². The Bertz CT molecular complexity index is 1090. The Morgan fingerprint density at radius 1 is 1.03 bits per heavy atom. The Balaban J connectivity index is 1.71. The first-order valence-electron chi connectivity index (χ1n) is 9.05. The van der Waals surface area contributed by atoms with E-state index in [2.05, 4.69) is 0 Å². The third-order valence-corrected chi connectivity index (χ3v) is 5.30. The Hall–Kier alpha value is -3.02. The molecule has 1 unspecified atom stereocenters. The number of hydrogen-bond donors (Lipinski definition) is 1. The van der Waals surface area contributed by atoms with E-state index >= 15 is 0 Å². The van der Waals surface area contributed by atoms with Gasteiger partial charge in [0.25, 0.3) is 5.91 Å². The van der Waals surface area contributed by atoms with Crippen LogP contribution in [0.3, 0.4) is 0 Å². The number of hydrogen-bond acceptors (Lipinski definition) is 3. The van der Waals surface area contributed by atoms with Crippen LogP contribution in [-0.4, -0.2) is 16.8 Å². The molecule has 1 heterocycles. The maximum Gasteiger partial charge on any atom is 0.264 e. The molecular weight excluding hydrogens is 393 g/mol. The van der Waals surface area contributed by atoms with Crippen molar-refractivity contribution in [1.29, 1.82) is 0 Å². The second kappa shape index (κ2) is 7.43. The maximum atomic E-state index is 13.2. The predicted octanol–water partition coefficient (Wildman–Crippen LogP) is 4.49. The van der Waals surface area contributed by atoms with Gasteiger partial charge < -0.3 is 10.0 Å². The third-order valence-electron chi connectivity index (χ3n) is 5.06. The second-order valence-corrected chi connectivity index (χ2v) is 7.44. The van der Waals surface area contributed by atoms with Crippen molar-refractivity contribution < 1.29 is 19.1 Å². The zero-order valence-electron chi connectivity index (χ0n) is 15.3. The van der Waals surface area contributed by atoms with Crippen molar-refractivity contribution in [1.82, 2.24) is 0 Å². The van der Waals surface area contributed by atoms with Gasteiger partial charge in [0.1, 0.15) is 5.82 Å². The molecule has 0 spiro atoms. The maximum absolute atomic E-state index is 13.2. The lowest BCUT2D eigenvalue weighted by atomic mass is 9.88. The highest BCUT2D eigenvalue weighted by molar-refractivity contribution is 6.31. The summed E-state index contributed by atoms with van der Waals surface area (Å²) in [6, 6.07) is 19.2. The summed E-state index contributed by atoms with van der Waals surface area (Å²) in [5.74, 6) is -1.52. The summed E-state index contributed by atoms with van der Waals surface area (Å²) in [5, 5.41) is 11.7. The van der Waals surface area contributed by atoms with Crippen LogP contribution < -0.4 is 4.90 Å². The molecule has 0 aromatic heterocycles. The third kappa shape index (κ3) is 3.55. The van der Waals surface area contributed by atoms with Crippen molar-refractivity contribution in [3.05, 3.63) is 100 Å². The van der Waals surface area contributed by atoms with Gasteiger partial charge in [0.05, 0.1) is 18.7 Å². The molecule has 1 atom stereocenters.